The van der Waals surface area contributed by atoms with Gasteiger partial charge in [0.2, 0.25) is 0 Å². The number of aryl methyl sites for hydroxylation is 1. The number of benzene rings is 1. The molecule has 0 saturated heterocycles. The average molecular weight is 295 g/mol. The van der Waals surface area contributed by atoms with Gasteiger partial charge < -0.3 is 4.42 Å². The number of fused-ring (bicyclic) bond motifs is 1. The van der Waals surface area contributed by atoms with E-state index in [2.05, 4.69) is 35.8 Å². The molecule has 2 rings (SSSR count). The minimum Gasteiger partial charge on any atom is -0.452 e. The Kier molecular flexibility index (Phi) is 3.13. The third-order valence-electron chi connectivity index (χ3n) is 2.97. The lowest BCUT2D eigenvalue weighted by Gasteiger charge is -2.06. The van der Waals surface area contributed by atoms with Crippen molar-refractivity contribution in [2.75, 3.05) is 0 Å². The zero-order chi connectivity index (χ0) is 12.7. The summed E-state index contributed by atoms with van der Waals surface area (Å²) in [4.78, 5) is 11.5. The first-order valence-electron chi connectivity index (χ1n) is 5.65. The monoisotopic (exact) mass is 294 g/mol. The summed E-state index contributed by atoms with van der Waals surface area (Å²) < 4.78 is 6.76. The summed E-state index contributed by atoms with van der Waals surface area (Å²) in [5, 5.41) is 1.02. The van der Waals surface area contributed by atoms with Crippen LogP contribution in [0.5, 0.6) is 0 Å². The molecule has 0 bridgehead atoms. The van der Waals surface area contributed by atoms with Crippen molar-refractivity contribution in [2.45, 2.75) is 33.6 Å². The van der Waals surface area contributed by atoms with E-state index < -0.39 is 0 Å². The van der Waals surface area contributed by atoms with Crippen LogP contribution in [0.25, 0.3) is 11.0 Å². The van der Waals surface area contributed by atoms with Crippen molar-refractivity contribution >= 4 is 32.7 Å². The number of carbonyl (C=O) groups excluding carboxylic acids is 1. The van der Waals surface area contributed by atoms with Crippen LogP contribution in [-0.4, -0.2) is 5.78 Å². The van der Waals surface area contributed by atoms with Crippen molar-refractivity contribution in [1.82, 2.24) is 0 Å². The van der Waals surface area contributed by atoms with E-state index in [4.69, 9.17) is 4.42 Å². The summed E-state index contributed by atoms with van der Waals surface area (Å²) in [7, 11) is 0. The molecule has 3 heteroatoms. The zero-order valence-electron chi connectivity index (χ0n) is 10.4. The number of rotatable bonds is 2. The van der Waals surface area contributed by atoms with Crippen LogP contribution in [-0.2, 0) is 0 Å². The Morgan fingerprint density at radius 3 is 2.53 bits per heavy atom. The van der Waals surface area contributed by atoms with Gasteiger partial charge in [-0.3, -0.25) is 4.79 Å². The standard InChI is InChI=1S/C14H15BrO2/c1-7(2)11-5-10(15)6-12-8(3)13(9(4)16)17-14(11)12/h5-7H,1-4H3. The van der Waals surface area contributed by atoms with Gasteiger partial charge >= 0.3 is 0 Å². The highest BCUT2D eigenvalue weighted by molar-refractivity contribution is 9.10. The second-order valence-electron chi connectivity index (χ2n) is 4.64. The molecule has 1 aromatic carbocycles. The van der Waals surface area contributed by atoms with Gasteiger partial charge in [0, 0.05) is 22.3 Å². The molecule has 0 unspecified atom stereocenters. The van der Waals surface area contributed by atoms with Crippen LogP contribution < -0.4 is 0 Å². The lowest BCUT2D eigenvalue weighted by Crippen LogP contribution is -1.90. The molecule has 1 aromatic heterocycles. The number of ketones is 1. The SMILES string of the molecule is CC(=O)c1oc2c(C(C)C)cc(Br)cc2c1C. The third-order valence-corrected chi connectivity index (χ3v) is 3.43. The molecule has 0 spiro atoms. The first-order chi connectivity index (χ1) is 7.91. The second kappa shape index (κ2) is 4.30. The summed E-state index contributed by atoms with van der Waals surface area (Å²) in [5.41, 5.74) is 2.89. The van der Waals surface area contributed by atoms with Gasteiger partial charge in [-0.1, -0.05) is 29.8 Å². The van der Waals surface area contributed by atoms with E-state index in [1.165, 1.54) is 6.92 Å². The summed E-state index contributed by atoms with van der Waals surface area (Å²) in [6.07, 6.45) is 0. The molecule has 0 aliphatic carbocycles. The average Bonchev–Trinajstić information content (AvgIpc) is 2.55. The highest BCUT2D eigenvalue weighted by atomic mass is 79.9. The molecule has 0 aliphatic rings. The minimum atomic E-state index is -0.0236. The Morgan fingerprint density at radius 1 is 1.35 bits per heavy atom. The fourth-order valence-corrected chi connectivity index (χ4v) is 2.55. The maximum atomic E-state index is 11.5. The van der Waals surface area contributed by atoms with E-state index >= 15 is 0 Å². The Labute approximate surface area is 109 Å². The summed E-state index contributed by atoms with van der Waals surface area (Å²) in [6, 6.07) is 4.06. The molecule has 2 nitrogen and oxygen atoms in total. The second-order valence-corrected chi connectivity index (χ2v) is 5.55. The zero-order valence-corrected chi connectivity index (χ0v) is 12.0. The fraction of sp³-hybridized carbons (Fsp3) is 0.357. The Bertz CT molecular complexity index is 594. The lowest BCUT2D eigenvalue weighted by atomic mass is 10.00. The molecule has 0 radical (unpaired) electrons. The van der Waals surface area contributed by atoms with Gasteiger partial charge in [-0.05, 0) is 30.5 Å². The Balaban J connectivity index is 2.85. The number of carbonyl (C=O) groups is 1. The van der Waals surface area contributed by atoms with Crippen molar-refractivity contribution in [3.05, 3.63) is 33.5 Å². The molecule has 0 amide bonds. The van der Waals surface area contributed by atoms with E-state index in [9.17, 15) is 4.79 Å². The van der Waals surface area contributed by atoms with Crippen molar-refractivity contribution in [2.24, 2.45) is 0 Å². The third kappa shape index (κ3) is 2.04. The highest BCUT2D eigenvalue weighted by Crippen LogP contribution is 2.34. The van der Waals surface area contributed by atoms with Gasteiger partial charge in [0.1, 0.15) is 5.58 Å². The van der Waals surface area contributed by atoms with Gasteiger partial charge in [-0.2, -0.15) is 0 Å². The van der Waals surface area contributed by atoms with Gasteiger partial charge in [0.05, 0.1) is 0 Å². The number of Topliss-reactive ketones (excluding diaryl/α,β-unsaturated/α-hetero) is 1. The molecule has 0 fully saturated rings. The van der Waals surface area contributed by atoms with E-state index in [0.717, 1.165) is 26.6 Å². The number of furan rings is 1. The van der Waals surface area contributed by atoms with Gasteiger partial charge in [0.25, 0.3) is 0 Å². The van der Waals surface area contributed by atoms with Crippen LogP contribution in [0.2, 0.25) is 0 Å². The molecular formula is C14H15BrO2. The molecule has 90 valence electrons. The molecule has 0 atom stereocenters. The lowest BCUT2D eigenvalue weighted by molar-refractivity contribution is 0.0988. The van der Waals surface area contributed by atoms with Crippen LogP contribution in [0, 0.1) is 6.92 Å². The summed E-state index contributed by atoms with van der Waals surface area (Å²) >= 11 is 3.51. The number of hydrogen-bond acceptors (Lipinski definition) is 2. The topological polar surface area (TPSA) is 30.2 Å². The first-order valence-corrected chi connectivity index (χ1v) is 6.44. The normalized spacial score (nSPS) is 11.4. The van der Waals surface area contributed by atoms with Gasteiger partial charge in [-0.15, -0.1) is 0 Å². The van der Waals surface area contributed by atoms with Crippen LogP contribution in [0.15, 0.2) is 21.0 Å². The summed E-state index contributed by atoms with van der Waals surface area (Å²) in [5.74, 6) is 0.810. The Hall–Kier alpha value is -1.09. The fourth-order valence-electron chi connectivity index (χ4n) is 2.07. The van der Waals surface area contributed by atoms with Crippen molar-refractivity contribution in [3.63, 3.8) is 0 Å². The van der Waals surface area contributed by atoms with Crippen LogP contribution >= 0.6 is 15.9 Å². The predicted molar refractivity (Wildman–Crippen MR) is 72.7 cm³/mol. The Morgan fingerprint density at radius 2 is 2.00 bits per heavy atom. The van der Waals surface area contributed by atoms with Gasteiger partial charge in [0.15, 0.2) is 11.5 Å². The maximum Gasteiger partial charge on any atom is 0.195 e. The van der Waals surface area contributed by atoms with E-state index in [1.54, 1.807) is 0 Å². The molecule has 0 saturated carbocycles. The minimum absolute atomic E-state index is 0.0236. The molecule has 1 heterocycles. The quantitative estimate of drug-likeness (QED) is 0.743. The summed E-state index contributed by atoms with van der Waals surface area (Å²) in [6.45, 7) is 7.70. The van der Waals surface area contributed by atoms with Crippen LogP contribution in [0.1, 0.15) is 48.4 Å². The largest absolute Gasteiger partial charge is 0.452 e. The molecule has 0 aliphatic heterocycles. The van der Waals surface area contributed by atoms with Crippen molar-refractivity contribution < 1.29 is 9.21 Å². The molecule has 0 N–H and O–H groups in total. The van der Waals surface area contributed by atoms with E-state index in [1.807, 2.05) is 13.0 Å². The van der Waals surface area contributed by atoms with E-state index in [0.29, 0.717) is 11.7 Å². The van der Waals surface area contributed by atoms with Gasteiger partial charge in [-0.25, -0.2) is 0 Å². The van der Waals surface area contributed by atoms with E-state index in [-0.39, 0.29) is 5.78 Å². The number of hydrogen-bond donors (Lipinski definition) is 0. The molecule has 2 aromatic rings. The van der Waals surface area contributed by atoms with Crippen LogP contribution in [0.4, 0.5) is 0 Å². The maximum absolute atomic E-state index is 11.5. The van der Waals surface area contributed by atoms with Crippen molar-refractivity contribution in [3.8, 4) is 0 Å². The van der Waals surface area contributed by atoms with Crippen molar-refractivity contribution in [1.29, 1.82) is 0 Å². The highest BCUT2D eigenvalue weighted by Gasteiger charge is 2.18. The molecule has 17 heavy (non-hydrogen) atoms. The predicted octanol–water partition coefficient (Wildman–Crippen LogP) is 4.83. The number of halogens is 1. The molecular weight excluding hydrogens is 280 g/mol. The van der Waals surface area contributed by atoms with Crippen LogP contribution in [0.3, 0.4) is 0 Å². The smallest absolute Gasteiger partial charge is 0.195 e. The first kappa shape index (κ1) is 12.4.